The zero-order chi connectivity index (χ0) is 17.7. The van der Waals surface area contributed by atoms with Crippen LogP contribution in [-0.4, -0.2) is 23.7 Å². The van der Waals surface area contributed by atoms with Gasteiger partial charge in [-0.15, -0.1) is 0 Å². The summed E-state index contributed by atoms with van der Waals surface area (Å²) >= 11 is 0. The maximum atomic E-state index is 12.2. The van der Waals surface area contributed by atoms with E-state index in [2.05, 4.69) is 5.32 Å². The van der Waals surface area contributed by atoms with Gasteiger partial charge in [-0.2, -0.15) is 0 Å². The first-order chi connectivity index (χ1) is 11.4. The third kappa shape index (κ3) is 4.19. The van der Waals surface area contributed by atoms with E-state index in [9.17, 15) is 14.4 Å². The van der Waals surface area contributed by atoms with Crippen molar-refractivity contribution >= 4 is 23.3 Å². The number of rotatable bonds is 6. The van der Waals surface area contributed by atoms with Crippen molar-refractivity contribution in [3.8, 4) is 5.75 Å². The van der Waals surface area contributed by atoms with Crippen molar-refractivity contribution in [3.63, 3.8) is 0 Å². The van der Waals surface area contributed by atoms with E-state index in [1.54, 1.807) is 49.4 Å². The van der Waals surface area contributed by atoms with Crippen LogP contribution in [0.2, 0.25) is 0 Å². The van der Waals surface area contributed by atoms with Gasteiger partial charge < -0.3 is 15.8 Å². The summed E-state index contributed by atoms with van der Waals surface area (Å²) in [6, 6.07) is 13.0. The van der Waals surface area contributed by atoms with Gasteiger partial charge in [0.05, 0.1) is 5.56 Å². The highest BCUT2D eigenvalue weighted by Gasteiger charge is 2.18. The molecule has 0 heterocycles. The highest BCUT2D eigenvalue weighted by atomic mass is 16.5. The number of nitrogens with two attached hydrogens (primary N) is 1. The molecule has 0 fully saturated rings. The lowest BCUT2D eigenvalue weighted by Gasteiger charge is -2.16. The number of ether oxygens (including phenoxy) is 1. The van der Waals surface area contributed by atoms with Crippen LogP contribution >= 0.6 is 0 Å². The van der Waals surface area contributed by atoms with Crippen LogP contribution in [0.3, 0.4) is 0 Å². The van der Waals surface area contributed by atoms with Crippen molar-refractivity contribution in [1.29, 1.82) is 0 Å². The van der Waals surface area contributed by atoms with Gasteiger partial charge in [-0.05, 0) is 50.2 Å². The predicted octanol–water partition coefficient (Wildman–Crippen LogP) is 2.39. The molecule has 0 spiro atoms. The van der Waals surface area contributed by atoms with E-state index in [-0.39, 0.29) is 23.0 Å². The molecule has 0 aromatic heterocycles. The Hall–Kier alpha value is -3.15. The average molecular weight is 326 g/mol. The lowest BCUT2D eigenvalue weighted by atomic mass is 10.1. The summed E-state index contributed by atoms with van der Waals surface area (Å²) < 4.78 is 5.54. The van der Waals surface area contributed by atoms with Crippen LogP contribution in [0.15, 0.2) is 48.5 Å². The zero-order valence-electron chi connectivity index (χ0n) is 13.4. The average Bonchev–Trinajstić information content (AvgIpc) is 2.55. The predicted molar refractivity (Wildman–Crippen MR) is 90.1 cm³/mol. The second-order valence-electron chi connectivity index (χ2n) is 5.24. The van der Waals surface area contributed by atoms with E-state index < -0.39 is 12.0 Å². The second-order valence-corrected chi connectivity index (χ2v) is 5.24. The number of para-hydroxylation sites is 1. The van der Waals surface area contributed by atoms with E-state index in [1.165, 1.54) is 13.0 Å². The summed E-state index contributed by atoms with van der Waals surface area (Å²) in [6.07, 6.45) is -0.835. The minimum absolute atomic E-state index is 0.0485. The molecule has 2 amide bonds. The van der Waals surface area contributed by atoms with Gasteiger partial charge in [-0.3, -0.25) is 14.4 Å². The minimum atomic E-state index is -0.835. The van der Waals surface area contributed by atoms with Gasteiger partial charge >= 0.3 is 0 Å². The van der Waals surface area contributed by atoms with Gasteiger partial charge in [-0.25, -0.2) is 0 Å². The minimum Gasteiger partial charge on any atom is -0.480 e. The van der Waals surface area contributed by atoms with Crippen molar-refractivity contribution in [2.45, 2.75) is 20.0 Å². The monoisotopic (exact) mass is 326 g/mol. The first kappa shape index (κ1) is 17.2. The van der Waals surface area contributed by atoms with Gasteiger partial charge in [-0.1, -0.05) is 12.1 Å². The van der Waals surface area contributed by atoms with Gasteiger partial charge in [0.1, 0.15) is 5.75 Å². The molecule has 2 aromatic carbocycles. The highest BCUT2D eigenvalue weighted by molar-refractivity contribution is 5.97. The van der Waals surface area contributed by atoms with Crippen LogP contribution in [0, 0.1) is 0 Å². The Bertz CT molecular complexity index is 769. The number of carbonyl (C=O) groups is 3. The van der Waals surface area contributed by atoms with Crippen LogP contribution in [-0.2, 0) is 4.79 Å². The smallest absolute Gasteiger partial charge is 0.265 e. The van der Waals surface area contributed by atoms with E-state index >= 15 is 0 Å². The number of nitrogens with one attached hydrogen (secondary N) is 1. The number of amides is 2. The molecule has 1 atom stereocenters. The van der Waals surface area contributed by atoms with Gasteiger partial charge in [0.25, 0.3) is 11.8 Å². The Balaban J connectivity index is 2.05. The number of hydrogen-bond acceptors (Lipinski definition) is 4. The standard InChI is InChI=1S/C18H18N2O4/c1-11(21)13-7-9-14(10-8-13)20-18(23)12(2)24-16-6-4-3-5-15(16)17(19)22/h3-10,12H,1-2H3,(H2,19,22)(H,20,23). The second kappa shape index (κ2) is 7.41. The Morgan fingerprint density at radius 2 is 1.67 bits per heavy atom. The van der Waals surface area contributed by atoms with Crippen molar-refractivity contribution in [3.05, 3.63) is 59.7 Å². The molecule has 2 rings (SSSR count). The van der Waals surface area contributed by atoms with E-state index in [4.69, 9.17) is 10.5 Å². The summed E-state index contributed by atoms with van der Waals surface area (Å²) in [5.41, 5.74) is 6.60. The zero-order valence-corrected chi connectivity index (χ0v) is 13.4. The number of anilines is 1. The molecule has 6 nitrogen and oxygen atoms in total. The topological polar surface area (TPSA) is 98.5 Å². The molecule has 124 valence electrons. The molecule has 0 aliphatic carbocycles. The van der Waals surface area contributed by atoms with Crippen molar-refractivity contribution in [2.24, 2.45) is 5.73 Å². The van der Waals surface area contributed by atoms with Crippen LogP contribution in [0.1, 0.15) is 34.6 Å². The number of Topliss-reactive ketones (excluding diaryl/α,β-unsaturated/α-hetero) is 1. The highest BCUT2D eigenvalue weighted by Crippen LogP contribution is 2.19. The fourth-order valence-electron chi connectivity index (χ4n) is 2.05. The van der Waals surface area contributed by atoms with Gasteiger partial charge in [0.2, 0.25) is 0 Å². The van der Waals surface area contributed by atoms with Crippen molar-refractivity contribution < 1.29 is 19.1 Å². The van der Waals surface area contributed by atoms with Crippen molar-refractivity contribution in [2.75, 3.05) is 5.32 Å². The Kier molecular flexibility index (Phi) is 5.31. The third-order valence-corrected chi connectivity index (χ3v) is 3.38. The molecule has 2 aromatic rings. The number of benzene rings is 2. The Morgan fingerprint density at radius 1 is 1.04 bits per heavy atom. The molecule has 0 bridgehead atoms. The van der Waals surface area contributed by atoms with Gasteiger partial charge in [0.15, 0.2) is 11.9 Å². The molecule has 0 aliphatic rings. The number of primary amides is 1. The van der Waals surface area contributed by atoms with E-state index in [0.29, 0.717) is 11.3 Å². The molecule has 0 saturated heterocycles. The lowest BCUT2D eigenvalue weighted by molar-refractivity contribution is -0.122. The van der Waals surface area contributed by atoms with Crippen molar-refractivity contribution in [1.82, 2.24) is 0 Å². The maximum absolute atomic E-state index is 12.2. The van der Waals surface area contributed by atoms with Crippen LogP contribution < -0.4 is 15.8 Å². The fraction of sp³-hybridized carbons (Fsp3) is 0.167. The molecule has 3 N–H and O–H groups in total. The van der Waals surface area contributed by atoms with E-state index in [1.807, 2.05) is 0 Å². The fourth-order valence-corrected chi connectivity index (χ4v) is 2.05. The maximum Gasteiger partial charge on any atom is 0.265 e. The lowest BCUT2D eigenvalue weighted by Crippen LogP contribution is -2.30. The van der Waals surface area contributed by atoms with E-state index in [0.717, 1.165) is 0 Å². The quantitative estimate of drug-likeness (QED) is 0.796. The Morgan fingerprint density at radius 3 is 2.25 bits per heavy atom. The summed E-state index contributed by atoms with van der Waals surface area (Å²) in [5, 5.41) is 2.69. The molecule has 6 heteroatoms. The number of carbonyl (C=O) groups excluding carboxylic acids is 3. The molecular formula is C18H18N2O4. The normalized spacial score (nSPS) is 11.4. The summed E-state index contributed by atoms with van der Waals surface area (Å²) in [6.45, 7) is 3.04. The molecular weight excluding hydrogens is 308 g/mol. The molecule has 24 heavy (non-hydrogen) atoms. The summed E-state index contributed by atoms with van der Waals surface area (Å²) in [7, 11) is 0. The number of ketones is 1. The largest absolute Gasteiger partial charge is 0.480 e. The van der Waals surface area contributed by atoms with Crippen LogP contribution in [0.25, 0.3) is 0 Å². The molecule has 1 unspecified atom stereocenters. The summed E-state index contributed by atoms with van der Waals surface area (Å²) in [5.74, 6) is -0.810. The Labute approximate surface area is 139 Å². The first-order valence-electron chi connectivity index (χ1n) is 7.36. The molecule has 0 radical (unpaired) electrons. The van der Waals surface area contributed by atoms with Crippen LogP contribution in [0.4, 0.5) is 5.69 Å². The third-order valence-electron chi connectivity index (χ3n) is 3.38. The number of hydrogen-bond donors (Lipinski definition) is 2. The summed E-state index contributed by atoms with van der Waals surface area (Å²) in [4.78, 5) is 34.8. The molecule has 0 saturated carbocycles. The SMILES string of the molecule is CC(=O)c1ccc(NC(=O)C(C)Oc2ccccc2C(N)=O)cc1. The van der Waals surface area contributed by atoms with Gasteiger partial charge in [0, 0.05) is 11.3 Å². The molecule has 0 aliphatic heterocycles. The van der Waals surface area contributed by atoms with Crippen LogP contribution in [0.5, 0.6) is 5.75 Å². The first-order valence-corrected chi connectivity index (χ1v) is 7.36.